The normalized spacial score (nSPS) is 13.1. The van der Waals surface area contributed by atoms with Crippen LogP contribution in [0.2, 0.25) is 0 Å². The fourth-order valence-corrected chi connectivity index (χ4v) is 2.11. The van der Waals surface area contributed by atoms with E-state index in [2.05, 4.69) is 11.4 Å². The first-order valence-corrected chi connectivity index (χ1v) is 7.29. The molecular formula is C18H23NO2. The van der Waals surface area contributed by atoms with Gasteiger partial charge in [0.2, 0.25) is 5.91 Å². The number of aliphatic hydroxyl groups is 1. The number of rotatable bonds is 4. The number of amides is 1. The molecule has 0 saturated carbocycles. The first kappa shape index (κ1) is 15.5. The van der Waals surface area contributed by atoms with E-state index in [9.17, 15) is 9.90 Å². The average molecular weight is 285 g/mol. The van der Waals surface area contributed by atoms with E-state index in [0.29, 0.717) is 6.42 Å². The summed E-state index contributed by atoms with van der Waals surface area (Å²) in [5.74, 6) is -0.0615. The molecule has 3 nitrogen and oxygen atoms in total. The predicted molar refractivity (Wildman–Crippen MR) is 86.1 cm³/mol. The quantitative estimate of drug-likeness (QED) is 0.907. The number of fused-ring (bicyclic) bond motifs is 1. The second-order valence-electron chi connectivity index (χ2n) is 6.54. The Morgan fingerprint density at radius 2 is 1.81 bits per heavy atom. The molecule has 0 fully saturated rings. The molecule has 1 atom stereocenters. The Morgan fingerprint density at radius 3 is 2.48 bits per heavy atom. The zero-order valence-corrected chi connectivity index (χ0v) is 12.9. The Balaban J connectivity index is 1.95. The van der Waals surface area contributed by atoms with E-state index in [0.717, 1.165) is 10.9 Å². The van der Waals surface area contributed by atoms with Gasteiger partial charge in [-0.2, -0.15) is 0 Å². The van der Waals surface area contributed by atoms with Gasteiger partial charge in [-0.15, -0.1) is 0 Å². The van der Waals surface area contributed by atoms with E-state index in [1.807, 2.05) is 57.2 Å². The van der Waals surface area contributed by atoms with Gasteiger partial charge in [0.05, 0.1) is 12.5 Å². The maximum atomic E-state index is 12.0. The molecule has 0 saturated heterocycles. The lowest BCUT2D eigenvalue weighted by atomic mass is 9.89. The van der Waals surface area contributed by atoms with Crippen molar-refractivity contribution in [3.63, 3.8) is 0 Å². The lowest BCUT2D eigenvalue weighted by molar-refractivity contribution is -0.121. The van der Waals surface area contributed by atoms with E-state index in [-0.39, 0.29) is 17.9 Å². The van der Waals surface area contributed by atoms with Gasteiger partial charge < -0.3 is 10.4 Å². The fourth-order valence-electron chi connectivity index (χ4n) is 2.11. The Morgan fingerprint density at radius 1 is 1.14 bits per heavy atom. The highest BCUT2D eigenvalue weighted by Crippen LogP contribution is 2.18. The van der Waals surface area contributed by atoms with Gasteiger partial charge in [0.1, 0.15) is 0 Å². The SMILES string of the molecule is CC(C)(C)C(O)CNC(=O)Cc1ccc2ccccc2c1. The molecule has 112 valence electrons. The van der Waals surface area contributed by atoms with E-state index in [4.69, 9.17) is 0 Å². The second-order valence-corrected chi connectivity index (χ2v) is 6.54. The minimum absolute atomic E-state index is 0.0615. The number of benzene rings is 2. The maximum absolute atomic E-state index is 12.0. The summed E-state index contributed by atoms with van der Waals surface area (Å²) in [5, 5.41) is 15.0. The molecule has 2 aromatic carbocycles. The molecule has 21 heavy (non-hydrogen) atoms. The van der Waals surface area contributed by atoms with E-state index < -0.39 is 6.10 Å². The van der Waals surface area contributed by atoms with Crippen LogP contribution in [-0.2, 0) is 11.2 Å². The minimum atomic E-state index is -0.543. The summed E-state index contributed by atoms with van der Waals surface area (Å²) in [4.78, 5) is 12.0. The molecule has 2 N–H and O–H groups in total. The average Bonchev–Trinajstić information content (AvgIpc) is 2.43. The number of nitrogens with one attached hydrogen (secondary N) is 1. The molecule has 1 amide bonds. The molecule has 2 aromatic rings. The zero-order chi connectivity index (χ0) is 15.5. The molecule has 1 unspecified atom stereocenters. The van der Waals surface area contributed by atoms with Gasteiger partial charge in [-0.3, -0.25) is 4.79 Å². The van der Waals surface area contributed by atoms with Crippen LogP contribution in [0.3, 0.4) is 0 Å². The van der Waals surface area contributed by atoms with Gasteiger partial charge in [-0.1, -0.05) is 63.2 Å². The molecule has 0 heterocycles. The number of carbonyl (C=O) groups excluding carboxylic acids is 1. The lowest BCUT2D eigenvalue weighted by Crippen LogP contribution is -2.39. The molecule has 0 spiro atoms. The Labute approximate surface area is 126 Å². The van der Waals surface area contributed by atoms with Crippen LogP contribution >= 0.6 is 0 Å². The molecule has 0 aromatic heterocycles. The van der Waals surface area contributed by atoms with Gasteiger partial charge >= 0.3 is 0 Å². The fraction of sp³-hybridized carbons (Fsp3) is 0.389. The smallest absolute Gasteiger partial charge is 0.224 e. The van der Waals surface area contributed by atoms with Crippen molar-refractivity contribution in [1.82, 2.24) is 5.32 Å². The number of carbonyl (C=O) groups is 1. The van der Waals surface area contributed by atoms with Crippen LogP contribution in [0.5, 0.6) is 0 Å². The van der Waals surface area contributed by atoms with E-state index in [1.165, 1.54) is 5.39 Å². The molecule has 0 aliphatic rings. The third-order valence-corrected chi connectivity index (χ3v) is 3.67. The van der Waals surface area contributed by atoms with Crippen LogP contribution in [0.25, 0.3) is 10.8 Å². The Kier molecular flexibility index (Phi) is 4.63. The summed E-state index contributed by atoms with van der Waals surface area (Å²) in [6, 6.07) is 14.1. The van der Waals surface area contributed by atoms with Crippen molar-refractivity contribution < 1.29 is 9.90 Å². The molecule has 0 aliphatic carbocycles. The van der Waals surface area contributed by atoms with Crippen LogP contribution in [0, 0.1) is 5.41 Å². The number of hydrogen-bond acceptors (Lipinski definition) is 2. The van der Waals surface area contributed by atoms with Gasteiger partial charge in [-0.25, -0.2) is 0 Å². The highest BCUT2D eigenvalue weighted by molar-refractivity contribution is 5.85. The van der Waals surface area contributed by atoms with Gasteiger partial charge in [0.15, 0.2) is 0 Å². The summed E-state index contributed by atoms with van der Waals surface area (Å²) in [5.41, 5.74) is 0.757. The van der Waals surface area contributed by atoms with Gasteiger partial charge in [0, 0.05) is 6.54 Å². The van der Waals surface area contributed by atoms with Crippen molar-refractivity contribution in [2.75, 3.05) is 6.54 Å². The van der Waals surface area contributed by atoms with Crippen LogP contribution < -0.4 is 5.32 Å². The third-order valence-electron chi connectivity index (χ3n) is 3.67. The molecule has 0 aliphatic heterocycles. The van der Waals surface area contributed by atoms with Crippen LogP contribution in [0.4, 0.5) is 0 Å². The van der Waals surface area contributed by atoms with Crippen LogP contribution in [0.15, 0.2) is 42.5 Å². The Hall–Kier alpha value is -1.87. The first-order chi connectivity index (χ1) is 9.86. The second kappa shape index (κ2) is 6.27. The summed E-state index contributed by atoms with van der Waals surface area (Å²) in [6.07, 6.45) is -0.208. The largest absolute Gasteiger partial charge is 0.391 e. The highest BCUT2D eigenvalue weighted by atomic mass is 16.3. The first-order valence-electron chi connectivity index (χ1n) is 7.29. The molecule has 2 rings (SSSR count). The summed E-state index contributed by atoms with van der Waals surface area (Å²) >= 11 is 0. The molecule has 0 radical (unpaired) electrons. The Bertz CT molecular complexity index is 628. The van der Waals surface area contributed by atoms with Gasteiger partial charge in [0.25, 0.3) is 0 Å². The third kappa shape index (κ3) is 4.30. The van der Waals surface area contributed by atoms with Crippen molar-refractivity contribution in [2.45, 2.75) is 33.3 Å². The van der Waals surface area contributed by atoms with Crippen molar-refractivity contribution >= 4 is 16.7 Å². The van der Waals surface area contributed by atoms with Crippen molar-refractivity contribution in [1.29, 1.82) is 0 Å². The zero-order valence-electron chi connectivity index (χ0n) is 12.9. The molecule has 0 bridgehead atoms. The summed E-state index contributed by atoms with van der Waals surface area (Å²) in [6.45, 7) is 6.14. The highest BCUT2D eigenvalue weighted by Gasteiger charge is 2.22. The topological polar surface area (TPSA) is 49.3 Å². The summed E-state index contributed by atoms with van der Waals surface area (Å²) in [7, 11) is 0. The van der Waals surface area contributed by atoms with E-state index in [1.54, 1.807) is 0 Å². The molecule has 3 heteroatoms. The van der Waals surface area contributed by atoms with Crippen molar-refractivity contribution in [3.05, 3.63) is 48.0 Å². The summed E-state index contributed by atoms with van der Waals surface area (Å²) < 4.78 is 0. The molecular weight excluding hydrogens is 262 g/mol. The lowest BCUT2D eigenvalue weighted by Gasteiger charge is -2.25. The van der Waals surface area contributed by atoms with Crippen LogP contribution in [-0.4, -0.2) is 23.7 Å². The standard InChI is InChI=1S/C18H23NO2/c1-18(2,3)16(20)12-19-17(21)11-13-8-9-14-6-4-5-7-15(14)10-13/h4-10,16,20H,11-12H2,1-3H3,(H,19,21). The maximum Gasteiger partial charge on any atom is 0.224 e. The van der Waals surface area contributed by atoms with Crippen molar-refractivity contribution in [2.24, 2.45) is 5.41 Å². The minimum Gasteiger partial charge on any atom is -0.391 e. The van der Waals surface area contributed by atoms with Gasteiger partial charge in [-0.05, 0) is 21.8 Å². The van der Waals surface area contributed by atoms with E-state index >= 15 is 0 Å². The van der Waals surface area contributed by atoms with Crippen molar-refractivity contribution in [3.8, 4) is 0 Å². The number of aliphatic hydroxyl groups excluding tert-OH is 1. The number of hydrogen-bond donors (Lipinski definition) is 2. The van der Waals surface area contributed by atoms with Crippen LogP contribution in [0.1, 0.15) is 26.3 Å². The predicted octanol–water partition coefficient (Wildman–Crippen LogP) is 2.91. The monoisotopic (exact) mass is 285 g/mol.